The number of carbonyl (C=O) groups is 2. The predicted octanol–water partition coefficient (Wildman–Crippen LogP) is 0.932. The molecule has 0 bridgehead atoms. The third-order valence-corrected chi connectivity index (χ3v) is 2.84. The predicted molar refractivity (Wildman–Crippen MR) is 74.4 cm³/mol. The highest BCUT2D eigenvalue weighted by molar-refractivity contribution is 5.87. The quantitative estimate of drug-likeness (QED) is 0.780. The minimum Gasteiger partial charge on any atom is -0.464 e. The summed E-state index contributed by atoms with van der Waals surface area (Å²) in [5.74, 6) is -0.231. The van der Waals surface area contributed by atoms with Gasteiger partial charge in [-0.05, 0) is 20.8 Å². The molecule has 0 saturated heterocycles. The smallest absolute Gasteiger partial charge is 0.358 e. The van der Waals surface area contributed by atoms with Crippen LogP contribution in [-0.4, -0.2) is 53.0 Å². The van der Waals surface area contributed by atoms with Crippen LogP contribution in [0, 0.1) is 0 Å². The standard InChI is InChI=1S/C13H20N4O3/c1-5-17(6-2)12(18)9(3)15-11-8-14-7-10(16-11)13(19)20-4/h7-9H,5-6H2,1-4H3,(H,15,16). The van der Waals surface area contributed by atoms with E-state index in [4.69, 9.17) is 0 Å². The van der Waals surface area contributed by atoms with Crippen molar-refractivity contribution in [3.05, 3.63) is 18.1 Å². The summed E-state index contributed by atoms with van der Waals surface area (Å²) in [6.07, 6.45) is 2.77. The largest absolute Gasteiger partial charge is 0.464 e. The fraction of sp³-hybridized carbons (Fsp3) is 0.538. The molecule has 20 heavy (non-hydrogen) atoms. The normalized spacial score (nSPS) is 11.6. The molecular formula is C13H20N4O3. The topological polar surface area (TPSA) is 84.4 Å². The van der Waals surface area contributed by atoms with Crippen LogP contribution < -0.4 is 5.32 Å². The number of ether oxygens (including phenoxy) is 1. The maximum Gasteiger partial charge on any atom is 0.358 e. The van der Waals surface area contributed by atoms with E-state index in [0.29, 0.717) is 18.9 Å². The number of aromatic nitrogens is 2. The molecule has 0 saturated carbocycles. The molecular weight excluding hydrogens is 260 g/mol. The Kier molecular flexibility index (Phi) is 5.89. The van der Waals surface area contributed by atoms with Crippen LogP contribution >= 0.6 is 0 Å². The molecule has 1 amide bonds. The number of nitrogens with zero attached hydrogens (tertiary/aromatic N) is 3. The molecule has 0 aromatic carbocycles. The third-order valence-electron chi connectivity index (χ3n) is 2.84. The van der Waals surface area contributed by atoms with Crippen molar-refractivity contribution in [1.82, 2.24) is 14.9 Å². The minimum absolute atomic E-state index is 0.0275. The Morgan fingerprint density at radius 1 is 1.35 bits per heavy atom. The second-order valence-corrected chi connectivity index (χ2v) is 4.16. The van der Waals surface area contributed by atoms with Gasteiger partial charge < -0.3 is 15.0 Å². The molecule has 0 aliphatic heterocycles. The summed E-state index contributed by atoms with van der Waals surface area (Å²) in [6, 6.07) is -0.447. The van der Waals surface area contributed by atoms with Crippen LogP contribution in [0.5, 0.6) is 0 Å². The van der Waals surface area contributed by atoms with E-state index in [-0.39, 0.29) is 11.6 Å². The van der Waals surface area contributed by atoms with Crippen LogP contribution in [0.15, 0.2) is 12.4 Å². The zero-order valence-corrected chi connectivity index (χ0v) is 12.2. The molecule has 7 heteroatoms. The van der Waals surface area contributed by atoms with Crippen LogP contribution in [0.25, 0.3) is 0 Å². The van der Waals surface area contributed by atoms with Crippen molar-refractivity contribution >= 4 is 17.7 Å². The Morgan fingerprint density at radius 3 is 2.55 bits per heavy atom. The average molecular weight is 280 g/mol. The van der Waals surface area contributed by atoms with Crippen molar-refractivity contribution in [2.45, 2.75) is 26.8 Å². The van der Waals surface area contributed by atoms with E-state index >= 15 is 0 Å². The van der Waals surface area contributed by atoms with Crippen LogP contribution in [0.4, 0.5) is 5.82 Å². The van der Waals surface area contributed by atoms with Crippen LogP contribution in [0.3, 0.4) is 0 Å². The highest BCUT2D eigenvalue weighted by Crippen LogP contribution is 2.07. The third kappa shape index (κ3) is 3.91. The van der Waals surface area contributed by atoms with Crippen LogP contribution in [-0.2, 0) is 9.53 Å². The van der Waals surface area contributed by atoms with Gasteiger partial charge in [-0.1, -0.05) is 0 Å². The zero-order valence-electron chi connectivity index (χ0n) is 12.2. The lowest BCUT2D eigenvalue weighted by Crippen LogP contribution is -2.41. The van der Waals surface area contributed by atoms with E-state index in [1.165, 1.54) is 19.5 Å². The Bertz CT molecular complexity index is 474. The fourth-order valence-corrected chi connectivity index (χ4v) is 1.73. The van der Waals surface area contributed by atoms with Gasteiger partial charge >= 0.3 is 5.97 Å². The van der Waals surface area contributed by atoms with Crippen molar-refractivity contribution < 1.29 is 14.3 Å². The first-order valence-corrected chi connectivity index (χ1v) is 6.49. The molecule has 0 radical (unpaired) electrons. The number of amides is 1. The summed E-state index contributed by atoms with van der Waals surface area (Å²) in [7, 11) is 1.27. The summed E-state index contributed by atoms with van der Waals surface area (Å²) in [5, 5.41) is 2.94. The highest BCUT2D eigenvalue weighted by atomic mass is 16.5. The molecule has 0 aliphatic rings. The van der Waals surface area contributed by atoms with Gasteiger partial charge in [0, 0.05) is 13.1 Å². The zero-order chi connectivity index (χ0) is 15.1. The SMILES string of the molecule is CCN(CC)C(=O)C(C)Nc1cncc(C(=O)OC)n1. The molecule has 0 aliphatic carbocycles. The summed E-state index contributed by atoms with van der Waals surface area (Å²) in [5.41, 5.74) is 0.0972. The van der Waals surface area contributed by atoms with Crippen LogP contribution in [0.2, 0.25) is 0 Å². The first-order valence-electron chi connectivity index (χ1n) is 6.49. The van der Waals surface area contributed by atoms with Gasteiger partial charge in [-0.2, -0.15) is 0 Å². The number of esters is 1. The molecule has 1 rings (SSSR count). The molecule has 1 aromatic rings. The maximum absolute atomic E-state index is 12.1. The van der Waals surface area contributed by atoms with Crippen molar-refractivity contribution in [2.24, 2.45) is 0 Å². The highest BCUT2D eigenvalue weighted by Gasteiger charge is 2.19. The second-order valence-electron chi connectivity index (χ2n) is 4.16. The van der Waals surface area contributed by atoms with Gasteiger partial charge in [0.25, 0.3) is 0 Å². The lowest BCUT2D eigenvalue weighted by atomic mass is 10.3. The number of hydrogen-bond donors (Lipinski definition) is 1. The minimum atomic E-state index is -0.566. The van der Waals surface area contributed by atoms with Crippen LogP contribution in [0.1, 0.15) is 31.3 Å². The Morgan fingerprint density at radius 2 is 2.00 bits per heavy atom. The Labute approximate surface area is 118 Å². The summed E-state index contributed by atoms with van der Waals surface area (Å²) < 4.78 is 4.57. The van der Waals surface area contributed by atoms with E-state index in [1.54, 1.807) is 11.8 Å². The van der Waals surface area contributed by atoms with Gasteiger partial charge in [0.15, 0.2) is 5.69 Å². The van der Waals surface area contributed by atoms with E-state index in [9.17, 15) is 9.59 Å². The van der Waals surface area contributed by atoms with E-state index in [2.05, 4.69) is 20.0 Å². The second kappa shape index (κ2) is 7.42. The van der Waals surface area contributed by atoms with Gasteiger partial charge in [-0.3, -0.25) is 9.78 Å². The summed E-state index contributed by atoms with van der Waals surface area (Å²) in [6.45, 7) is 6.88. The van der Waals surface area contributed by atoms with Crippen molar-refractivity contribution in [3.63, 3.8) is 0 Å². The van der Waals surface area contributed by atoms with Crippen molar-refractivity contribution in [3.8, 4) is 0 Å². The number of hydrogen-bond acceptors (Lipinski definition) is 6. The van der Waals surface area contributed by atoms with Gasteiger partial charge in [0.1, 0.15) is 11.9 Å². The van der Waals surface area contributed by atoms with Gasteiger partial charge in [-0.25, -0.2) is 9.78 Å². The maximum atomic E-state index is 12.1. The van der Waals surface area contributed by atoms with Gasteiger partial charge in [0.05, 0.1) is 19.5 Å². The monoisotopic (exact) mass is 280 g/mol. The molecule has 110 valence electrons. The Hall–Kier alpha value is -2.18. The molecule has 0 fully saturated rings. The number of methoxy groups -OCH3 is 1. The molecule has 0 spiro atoms. The van der Waals surface area contributed by atoms with Gasteiger partial charge in [0.2, 0.25) is 5.91 Å². The molecule has 1 unspecified atom stereocenters. The molecule has 1 heterocycles. The van der Waals surface area contributed by atoms with E-state index in [1.807, 2.05) is 13.8 Å². The summed E-state index contributed by atoms with van der Waals surface area (Å²) >= 11 is 0. The van der Waals surface area contributed by atoms with Crippen molar-refractivity contribution in [1.29, 1.82) is 0 Å². The van der Waals surface area contributed by atoms with E-state index < -0.39 is 12.0 Å². The first-order chi connectivity index (χ1) is 9.53. The fourth-order valence-electron chi connectivity index (χ4n) is 1.73. The number of rotatable bonds is 6. The number of nitrogens with one attached hydrogen (secondary N) is 1. The number of carbonyl (C=O) groups excluding carboxylic acids is 2. The first kappa shape index (κ1) is 15.9. The number of anilines is 1. The molecule has 1 N–H and O–H groups in total. The summed E-state index contributed by atoms with van der Waals surface area (Å²) in [4.78, 5) is 33.1. The van der Waals surface area contributed by atoms with Crippen molar-refractivity contribution in [2.75, 3.05) is 25.5 Å². The molecule has 7 nitrogen and oxygen atoms in total. The molecule has 1 atom stereocenters. The van der Waals surface area contributed by atoms with E-state index in [0.717, 1.165) is 0 Å². The lowest BCUT2D eigenvalue weighted by Gasteiger charge is -2.23. The number of likely N-dealkylation sites (N-methyl/N-ethyl adjacent to an activating group) is 1. The average Bonchev–Trinajstić information content (AvgIpc) is 2.47. The van der Waals surface area contributed by atoms with Gasteiger partial charge in [-0.15, -0.1) is 0 Å². The molecule has 1 aromatic heterocycles. The Balaban J connectivity index is 2.78. The lowest BCUT2D eigenvalue weighted by molar-refractivity contribution is -0.131.